The first-order chi connectivity index (χ1) is 8.63. The Morgan fingerprint density at radius 1 is 1.28 bits per heavy atom. The summed E-state index contributed by atoms with van der Waals surface area (Å²) < 4.78 is 1.43. The van der Waals surface area contributed by atoms with Crippen LogP contribution in [0.15, 0.2) is 18.2 Å². The summed E-state index contributed by atoms with van der Waals surface area (Å²) in [5.74, 6) is 0.596. The van der Waals surface area contributed by atoms with E-state index >= 15 is 0 Å². The Balaban J connectivity index is 2.41. The molecule has 1 N–H and O–H groups in total. The molecule has 2 heteroatoms. The van der Waals surface area contributed by atoms with E-state index in [1.54, 1.807) is 5.56 Å². The molecule has 0 aliphatic carbocycles. The molecule has 2 rings (SSSR count). The summed E-state index contributed by atoms with van der Waals surface area (Å²) in [7, 11) is 0. The monoisotopic (exact) mass is 261 g/mol. The molecule has 0 spiro atoms. The van der Waals surface area contributed by atoms with Crippen molar-refractivity contribution in [3.8, 4) is 0 Å². The van der Waals surface area contributed by atoms with Crippen molar-refractivity contribution in [1.29, 1.82) is 0 Å². The van der Waals surface area contributed by atoms with Crippen LogP contribution in [0.25, 0.3) is 10.1 Å². The van der Waals surface area contributed by atoms with E-state index in [1.165, 1.54) is 26.9 Å². The molecule has 0 unspecified atom stereocenters. The van der Waals surface area contributed by atoms with Gasteiger partial charge in [-0.25, -0.2) is 0 Å². The highest BCUT2D eigenvalue weighted by molar-refractivity contribution is 7.19. The van der Waals surface area contributed by atoms with Crippen LogP contribution in [0.4, 0.5) is 0 Å². The predicted molar refractivity (Wildman–Crippen MR) is 82.6 cm³/mol. The average Bonchev–Trinajstić information content (AvgIpc) is 2.67. The summed E-state index contributed by atoms with van der Waals surface area (Å²) in [4.78, 5) is 1.51. The molecule has 0 aliphatic heterocycles. The smallest absolute Gasteiger partial charge is 0.0349 e. The number of hydrogen-bond donors (Lipinski definition) is 1. The molecule has 0 saturated heterocycles. The van der Waals surface area contributed by atoms with Crippen molar-refractivity contribution >= 4 is 21.4 Å². The van der Waals surface area contributed by atoms with E-state index in [-0.39, 0.29) is 0 Å². The van der Waals surface area contributed by atoms with Crippen LogP contribution in [-0.4, -0.2) is 6.54 Å². The molecule has 0 amide bonds. The van der Waals surface area contributed by atoms with E-state index in [0.717, 1.165) is 13.1 Å². The van der Waals surface area contributed by atoms with Gasteiger partial charge in [0.05, 0.1) is 0 Å². The number of rotatable bonds is 5. The lowest BCUT2D eigenvalue weighted by molar-refractivity contribution is 0.675. The van der Waals surface area contributed by atoms with Gasteiger partial charge in [-0.05, 0) is 42.8 Å². The van der Waals surface area contributed by atoms with Gasteiger partial charge in [0.1, 0.15) is 0 Å². The molecule has 2 aromatic rings. The fourth-order valence-electron chi connectivity index (χ4n) is 2.42. The lowest BCUT2D eigenvalue weighted by Gasteiger charge is -2.09. The first-order valence-corrected chi connectivity index (χ1v) is 7.67. The molecule has 0 saturated carbocycles. The second kappa shape index (κ2) is 5.85. The number of fused-ring (bicyclic) bond motifs is 1. The minimum atomic E-state index is 0.596. The van der Waals surface area contributed by atoms with Crippen molar-refractivity contribution in [3.63, 3.8) is 0 Å². The molecule has 98 valence electrons. The van der Waals surface area contributed by atoms with Crippen LogP contribution in [0.3, 0.4) is 0 Å². The Labute approximate surface area is 114 Å². The number of thiophene rings is 1. The normalized spacial score (nSPS) is 11.6. The predicted octanol–water partition coefficient (Wildman–Crippen LogP) is 4.83. The molecule has 1 aromatic carbocycles. The third-order valence-electron chi connectivity index (χ3n) is 3.25. The summed E-state index contributed by atoms with van der Waals surface area (Å²) in [6.45, 7) is 11.1. The molecule has 0 bridgehead atoms. The van der Waals surface area contributed by atoms with Crippen LogP contribution >= 0.6 is 11.3 Å². The Hall–Kier alpha value is -0.860. The minimum Gasteiger partial charge on any atom is -0.312 e. The van der Waals surface area contributed by atoms with Crippen molar-refractivity contribution in [3.05, 3.63) is 34.2 Å². The van der Waals surface area contributed by atoms with E-state index in [2.05, 4.69) is 51.2 Å². The third kappa shape index (κ3) is 2.76. The summed E-state index contributed by atoms with van der Waals surface area (Å²) in [5.41, 5.74) is 2.90. The van der Waals surface area contributed by atoms with Crippen molar-refractivity contribution in [1.82, 2.24) is 5.32 Å². The van der Waals surface area contributed by atoms with Gasteiger partial charge in [0.15, 0.2) is 0 Å². The second-order valence-electron chi connectivity index (χ2n) is 5.27. The molecule has 0 radical (unpaired) electrons. The first-order valence-electron chi connectivity index (χ1n) is 6.86. The molecule has 0 aliphatic rings. The molecule has 1 heterocycles. The number of nitrogens with one attached hydrogen (secondary N) is 1. The minimum absolute atomic E-state index is 0.596. The van der Waals surface area contributed by atoms with Gasteiger partial charge in [-0.1, -0.05) is 38.5 Å². The van der Waals surface area contributed by atoms with Crippen LogP contribution in [0.2, 0.25) is 0 Å². The Bertz CT molecular complexity index is 525. The Morgan fingerprint density at radius 2 is 2.06 bits per heavy atom. The van der Waals surface area contributed by atoms with Gasteiger partial charge in [-0.15, -0.1) is 11.3 Å². The summed E-state index contributed by atoms with van der Waals surface area (Å²) in [6.07, 6.45) is 1.20. The highest BCUT2D eigenvalue weighted by Crippen LogP contribution is 2.36. The van der Waals surface area contributed by atoms with Crippen LogP contribution in [0.5, 0.6) is 0 Å². The molecule has 18 heavy (non-hydrogen) atoms. The number of hydrogen-bond acceptors (Lipinski definition) is 2. The van der Waals surface area contributed by atoms with Gasteiger partial charge < -0.3 is 5.32 Å². The molecular formula is C16H23NS. The second-order valence-corrected chi connectivity index (χ2v) is 6.41. The van der Waals surface area contributed by atoms with E-state index in [9.17, 15) is 0 Å². The fraction of sp³-hybridized carbons (Fsp3) is 0.500. The van der Waals surface area contributed by atoms with Gasteiger partial charge in [0.2, 0.25) is 0 Å². The maximum Gasteiger partial charge on any atom is 0.0349 e. The third-order valence-corrected chi connectivity index (χ3v) is 4.44. The zero-order valence-electron chi connectivity index (χ0n) is 11.8. The lowest BCUT2D eigenvalue weighted by Crippen LogP contribution is -2.14. The van der Waals surface area contributed by atoms with Gasteiger partial charge in [-0.3, -0.25) is 0 Å². The van der Waals surface area contributed by atoms with E-state index in [0.29, 0.717) is 5.92 Å². The molecule has 0 atom stereocenters. The molecular weight excluding hydrogens is 238 g/mol. The van der Waals surface area contributed by atoms with E-state index in [4.69, 9.17) is 0 Å². The average molecular weight is 261 g/mol. The quantitative estimate of drug-likeness (QED) is 0.760. The highest BCUT2D eigenvalue weighted by atomic mass is 32.1. The van der Waals surface area contributed by atoms with Crippen LogP contribution in [-0.2, 0) is 6.54 Å². The highest BCUT2D eigenvalue weighted by Gasteiger charge is 2.14. The SMILES string of the molecule is CCCNCc1sc2ccc(C)cc2c1C(C)C. The van der Waals surface area contributed by atoms with Crippen LogP contribution in [0, 0.1) is 6.92 Å². The zero-order valence-corrected chi connectivity index (χ0v) is 12.7. The van der Waals surface area contributed by atoms with Gasteiger partial charge >= 0.3 is 0 Å². The largest absolute Gasteiger partial charge is 0.312 e. The standard InChI is InChI=1S/C16H23NS/c1-5-8-17-10-15-16(11(2)3)13-9-12(4)6-7-14(13)18-15/h6-7,9,11,17H,5,8,10H2,1-4H3. The van der Waals surface area contributed by atoms with Crippen LogP contribution in [0.1, 0.15) is 49.1 Å². The molecule has 0 fully saturated rings. The van der Waals surface area contributed by atoms with Gasteiger partial charge in [0.25, 0.3) is 0 Å². The van der Waals surface area contributed by atoms with Gasteiger partial charge in [0, 0.05) is 16.1 Å². The maximum atomic E-state index is 3.53. The fourth-order valence-corrected chi connectivity index (χ4v) is 3.73. The van der Waals surface area contributed by atoms with E-state index < -0.39 is 0 Å². The van der Waals surface area contributed by atoms with Crippen molar-refractivity contribution in [2.24, 2.45) is 0 Å². The molecule has 1 aromatic heterocycles. The Kier molecular flexibility index (Phi) is 4.41. The summed E-state index contributed by atoms with van der Waals surface area (Å²) >= 11 is 1.95. The van der Waals surface area contributed by atoms with Crippen molar-refractivity contribution < 1.29 is 0 Å². The summed E-state index contributed by atoms with van der Waals surface area (Å²) in [6, 6.07) is 6.82. The van der Waals surface area contributed by atoms with Crippen molar-refractivity contribution in [2.45, 2.75) is 46.6 Å². The lowest BCUT2D eigenvalue weighted by atomic mass is 9.98. The number of benzene rings is 1. The Morgan fingerprint density at radius 3 is 2.72 bits per heavy atom. The van der Waals surface area contributed by atoms with Gasteiger partial charge in [-0.2, -0.15) is 0 Å². The summed E-state index contributed by atoms with van der Waals surface area (Å²) in [5, 5.41) is 4.99. The maximum absolute atomic E-state index is 3.53. The topological polar surface area (TPSA) is 12.0 Å². The van der Waals surface area contributed by atoms with Crippen molar-refractivity contribution in [2.75, 3.05) is 6.54 Å². The first kappa shape index (κ1) is 13.6. The molecule has 1 nitrogen and oxygen atoms in total. The van der Waals surface area contributed by atoms with E-state index in [1.807, 2.05) is 11.3 Å². The number of aryl methyl sites for hydroxylation is 1. The van der Waals surface area contributed by atoms with Crippen LogP contribution < -0.4 is 5.32 Å². The zero-order chi connectivity index (χ0) is 13.1.